The van der Waals surface area contributed by atoms with Crippen LogP contribution in [-0.4, -0.2) is 52.9 Å². The summed E-state index contributed by atoms with van der Waals surface area (Å²) in [6, 6.07) is 0.543. The minimum atomic E-state index is -0.463. The first-order valence-corrected chi connectivity index (χ1v) is 9.89. The van der Waals surface area contributed by atoms with Gasteiger partial charge in [-0.25, -0.2) is 4.98 Å². The van der Waals surface area contributed by atoms with E-state index in [1.54, 1.807) is 11.3 Å². The average molecular weight is 328 g/mol. The van der Waals surface area contributed by atoms with E-state index in [2.05, 4.69) is 27.5 Å². The van der Waals surface area contributed by atoms with Crippen LogP contribution in [0.2, 0.25) is 0 Å². The number of hydrogen-bond donors (Lipinski definition) is 2. The summed E-state index contributed by atoms with van der Waals surface area (Å²) < 4.78 is 0. The molecule has 0 aliphatic carbocycles. The Morgan fingerprint density at radius 1 is 1.38 bits per heavy atom. The summed E-state index contributed by atoms with van der Waals surface area (Å²) in [6.45, 7) is 4.95. The van der Waals surface area contributed by atoms with E-state index in [-0.39, 0.29) is 0 Å². The summed E-state index contributed by atoms with van der Waals surface area (Å²) in [5.41, 5.74) is 0.655. The molecule has 1 aromatic rings. The molecule has 2 aliphatic rings. The van der Waals surface area contributed by atoms with Crippen molar-refractivity contribution in [1.82, 2.24) is 10.3 Å². The fourth-order valence-electron chi connectivity index (χ4n) is 3.02. The fraction of sp³-hybridized carbons (Fsp3) is 0.800. The SMILES string of the molecule is Cc1csc(N2CCC(NCC3(O)CCSCC3)CC2)n1. The Morgan fingerprint density at radius 3 is 2.71 bits per heavy atom. The van der Waals surface area contributed by atoms with Crippen molar-refractivity contribution in [2.45, 2.75) is 44.2 Å². The van der Waals surface area contributed by atoms with Crippen LogP contribution < -0.4 is 10.2 Å². The molecule has 6 heteroatoms. The van der Waals surface area contributed by atoms with Gasteiger partial charge >= 0.3 is 0 Å². The average Bonchev–Trinajstić information content (AvgIpc) is 2.93. The maximum absolute atomic E-state index is 10.5. The molecule has 0 aromatic carbocycles. The molecule has 0 radical (unpaired) electrons. The molecule has 0 spiro atoms. The molecule has 1 aromatic heterocycles. The molecule has 2 saturated heterocycles. The zero-order valence-corrected chi connectivity index (χ0v) is 14.3. The summed E-state index contributed by atoms with van der Waals surface area (Å²) in [4.78, 5) is 6.96. The van der Waals surface area contributed by atoms with Crippen molar-refractivity contribution < 1.29 is 5.11 Å². The predicted octanol–water partition coefficient (Wildman–Crippen LogP) is 2.27. The topological polar surface area (TPSA) is 48.4 Å². The van der Waals surface area contributed by atoms with Crippen LogP contribution in [0.4, 0.5) is 5.13 Å². The van der Waals surface area contributed by atoms with Crippen LogP contribution in [-0.2, 0) is 0 Å². The molecule has 3 heterocycles. The Balaban J connectivity index is 1.43. The molecule has 4 nitrogen and oxygen atoms in total. The number of anilines is 1. The van der Waals surface area contributed by atoms with Gasteiger partial charge in [0.05, 0.1) is 11.3 Å². The first kappa shape index (κ1) is 15.6. The number of rotatable bonds is 4. The molecule has 0 bridgehead atoms. The highest BCUT2D eigenvalue weighted by Crippen LogP contribution is 2.27. The summed E-state index contributed by atoms with van der Waals surface area (Å²) in [5, 5.41) is 17.4. The number of aryl methyl sites for hydroxylation is 1. The Bertz CT molecular complexity index is 452. The van der Waals surface area contributed by atoms with Crippen LogP contribution in [0, 0.1) is 6.92 Å². The second-order valence-electron chi connectivity index (χ2n) is 6.25. The first-order valence-electron chi connectivity index (χ1n) is 7.85. The van der Waals surface area contributed by atoms with Crippen molar-refractivity contribution in [2.24, 2.45) is 0 Å². The fourth-order valence-corrected chi connectivity index (χ4v) is 5.13. The summed E-state index contributed by atoms with van der Waals surface area (Å²) in [7, 11) is 0. The molecule has 2 N–H and O–H groups in total. The number of nitrogens with zero attached hydrogens (tertiary/aromatic N) is 2. The highest BCUT2D eigenvalue weighted by atomic mass is 32.2. The van der Waals surface area contributed by atoms with Crippen LogP contribution in [0.1, 0.15) is 31.4 Å². The van der Waals surface area contributed by atoms with Gasteiger partial charge in [-0.05, 0) is 44.1 Å². The van der Waals surface area contributed by atoms with Gasteiger partial charge < -0.3 is 15.3 Å². The normalized spacial score (nSPS) is 23.4. The van der Waals surface area contributed by atoms with E-state index in [0.717, 1.165) is 67.6 Å². The molecule has 2 fully saturated rings. The van der Waals surface area contributed by atoms with Gasteiger partial charge in [0.15, 0.2) is 5.13 Å². The summed E-state index contributed by atoms with van der Waals surface area (Å²) in [6.07, 6.45) is 4.15. The van der Waals surface area contributed by atoms with E-state index in [9.17, 15) is 5.11 Å². The van der Waals surface area contributed by atoms with Crippen LogP contribution in [0.15, 0.2) is 5.38 Å². The van der Waals surface area contributed by atoms with Gasteiger partial charge in [0.25, 0.3) is 0 Å². The number of aliphatic hydroxyl groups is 1. The molecule has 0 saturated carbocycles. The van der Waals surface area contributed by atoms with Gasteiger partial charge in [-0.1, -0.05) is 0 Å². The lowest BCUT2D eigenvalue weighted by molar-refractivity contribution is 0.0288. The van der Waals surface area contributed by atoms with Gasteiger partial charge in [-0.2, -0.15) is 11.8 Å². The van der Waals surface area contributed by atoms with Crippen molar-refractivity contribution in [2.75, 3.05) is 36.0 Å². The summed E-state index contributed by atoms with van der Waals surface area (Å²) >= 11 is 3.70. The highest BCUT2D eigenvalue weighted by molar-refractivity contribution is 7.99. The highest BCUT2D eigenvalue weighted by Gasteiger charge is 2.30. The number of hydrogen-bond acceptors (Lipinski definition) is 6. The van der Waals surface area contributed by atoms with Crippen molar-refractivity contribution in [3.63, 3.8) is 0 Å². The monoisotopic (exact) mass is 327 g/mol. The third-order valence-electron chi connectivity index (χ3n) is 4.52. The predicted molar refractivity (Wildman–Crippen MR) is 91.6 cm³/mol. The maximum atomic E-state index is 10.5. The second-order valence-corrected chi connectivity index (χ2v) is 8.31. The minimum absolute atomic E-state index is 0.463. The molecular formula is C15H25N3OS2. The largest absolute Gasteiger partial charge is 0.389 e. The van der Waals surface area contributed by atoms with Crippen LogP contribution >= 0.6 is 23.1 Å². The van der Waals surface area contributed by atoms with Gasteiger partial charge in [0.1, 0.15) is 0 Å². The lowest BCUT2D eigenvalue weighted by Gasteiger charge is -2.36. The zero-order valence-electron chi connectivity index (χ0n) is 12.7. The van der Waals surface area contributed by atoms with Crippen LogP contribution in [0.3, 0.4) is 0 Å². The minimum Gasteiger partial charge on any atom is -0.389 e. The Labute approximate surface area is 135 Å². The molecule has 0 amide bonds. The first-order chi connectivity index (χ1) is 10.1. The molecule has 2 aliphatic heterocycles. The van der Waals surface area contributed by atoms with Gasteiger partial charge in [0, 0.05) is 31.1 Å². The van der Waals surface area contributed by atoms with Crippen molar-refractivity contribution in [3.8, 4) is 0 Å². The molecule has 0 unspecified atom stereocenters. The number of piperidine rings is 1. The van der Waals surface area contributed by atoms with Crippen molar-refractivity contribution in [3.05, 3.63) is 11.1 Å². The Hall–Kier alpha value is -0.300. The molecular weight excluding hydrogens is 302 g/mol. The molecule has 118 valence electrons. The van der Waals surface area contributed by atoms with Gasteiger partial charge in [-0.15, -0.1) is 11.3 Å². The van der Waals surface area contributed by atoms with E-state index in [0.29, 0.717) is 6.04 Å². The van der Waals surface area contributed by atoms with Crippen molar-refractivity contribution >= 4 is 28.2 Å². The number of aromatic nitrogens is 1. The molecule has 3 rings (SSSR count). The third kappa shape index (κ3) is 4.12. The lowest BCUT2D eigenvalue weighted by Crippen LogP contribution is -2.49. The molecule has 0 atom stereocenters. The van der Waals surface area contributed by atoms with Crippen molar-refractivity contribution in [1.29, 1.82) is 0 Å². The van der Waals surface area contributed by atoms with Gasteiger partial charge in [-0.3, -0.25) is 0 Å². The summed E-state index contributed by atoms with van der Waals surface area (Å²) in [5.74, 6) is 2.19. The van der Waals surface area contributed by atoms with Gasteiger partial charge in [0.2, 0.25) is 0 Å². The quantitative estimate of drug-likeness (QED) is 0.888. The molecule has 21 heavy (non-hydrogen) atoms. The Morgan fingerprint density at radius 2 is 2.10 bits per heavy atom. The number of thioether (sulfide) groups is 1. The van der Waals surface area contributed by atoms with Crippen LogP contribution in [0.25, 0.3) is 0 Å². The number of nitrogens with one attached hydrogen (secondary N) is 1. The lowest BCUT2D eigenvalue weighted by atomic mass is 9.95. The maximum Gasteiger partial charge on any atom is 0.185 e. The smallest absolute Gasteiger partial charge is 0.185 e. The third-order valence-corrected chi connectivity index (χ3v) is 6.52. The van der Waals surface area contributed by atoms with E-state index in [4.69, 9.17) is 0 Å². The zero-order chi connectivity index (χ0) is 14.7. The van der Waals surface area contributed by atoms with E-state index in [1.165, 1.54) is 0 Å². The van der Waals surface area contributed by atoms with E-state index in [1.807, 2.05) is 11.8 Å². The number of thiazole rings is 1. The van der Waals surface area contributed by atoms with Crippen LogP contribution in [0.5, 0.6) is 0 Å². The Kier molecular flexibility index (Phi) is 5.09. The second kappa shape index (κ2) is 6.86. The van der Waals surface area contributed by atoms with E-state index < -0.39 is 5.60 Å². The van der Waals surface area contributed by atoms with E-state index >= 15 is 0 Å². The standard InChI is InChI=1S/C15H25N3OS2/c1-12-10-21-14(17-12)18-6-2-13(3-7-18)16-11-15(19)4-8-20-9-5-15/h10,13,16,19H,2-9,11H2,1H3.